The van der Waals surface area contributed by atoms with Crippen molar-refractivity contribution in [1.29, 1.82) is 0 Å². The number of fused-ring (bicyclic) bond motifs is 1. The number of amides is 1. The molecule has 1 N–H and O–H groups in total. The van der Waals surface area contributed by atoms with E-state index in [4.69, 9.17) is 4.74 Å². The lowest BCUT2D eigenvalue weighted by Gasteiger charge is -2.12. The van der Waals surface area contributed by atoms with Crippen molar-refractivity contribution in [2.75, 3.05) is 0 Å². The number of hydrogen-bond acceptors (Lipinski definition) is 3. The molecule has 5 heteroatoms. The van der Waals surface area contributed by atoms with E-state index in [-0.39, 0.29) is 17.8 Å². The molecule has 1 amide bonds. The summed E-state index contributed by atoms with van der Waals surface area (Å²) >= 11 is 1.32. The van der Waals surface area contributed by atoms with Gasteiger partial charge in [-0.2, -0.15) is 0 Å². The van der Waals surface area contributed by atoms with E-state index in [1.807, 2.05) is 44.2 Å². The fourth-order valence-corrected chi connectivity index (χ4v) is 3.99. The van der Waals surface area contributed by atoms with Gasteiger partial charge in [-0.15, -0.1) is 11.3 Å². The maximum absolute atomic E-state index is 14.0. The smallest absolute Gasteiger partial charge is 0.261 e. The van der Waals surface area contributed by atoms with E-state index in [0.717, 1.165) is 15.8 Å². The van der Waals surface area contributed by atoms with Crippen LogP contribution in [0.5, 0.6) is 0 Å². The highest BCUT2D eigenvalue weighted by Crippen LogP contribution is 2.32. The first-order chi connectivity index (χ1) is 12.5. The van der Waals surface area contributed by atoms with Gasteiger partial charge in [-0.1, -0.05) is 30.3 Å². The summed E-state index contributed by atoms with van der Waals surface area (Å²) < 4.78 is 20.5. The number of carbonyl (C=O) groups is 1. The summed E-state index contributed by atoms with van der Waals surface area (Å²) in [6.07, 6.45) is 0.147. The van der Waals surface area contributed by atoms with Crippen molar-refractivity contribution < 1.29 is 13.9 Å². The van der Waals surface area contributed by atoms with Crippen molar-refractivity contribution in [3.63, 3.8) is 0 Å². The quantitative estimate of drug-likeness (QED) is 0.646. The van der Waals surface area contributed by atoms with Gasteiger partial charge in [-0.3, -0.25) is 4.79 Å². The molecule has 0 aliphatic heterocycles. The minimum absolute atomic E-state index is 0.147. The molecule has 0 aliphatic carbocycles. The van der Waals surface area contributed by atoms with Crippen molar-refractivity contribution in [2.24, 2.45) is 0 Å². The van der Waals surface area contributed by atoms with E-state index < -0.39 is 0 Å². The summed E-state index contributed by atoms with van der Waals surface area (Å²) in [5.41, 5.74) is 2.77. The predicted octanol–water partition coefficient (Wildman–Crippen LogP) is 5.20. The lowest BCUT2D eigenvalue weighted by molar-refractivity contribution is 0.0651. The van der Waals surface area contributed by atoms with Crippen LogP contribution >= 0.6 is 11.3 Å². The van der Waals surface area contributed by atoms with Crippen molar-refractivity contribution in [2.45, 2.75) is 40.0 Å². The number of nitrogens with one attached hydrogen (secondary N) is 1. The molecule has 3 rings (SSSR count). The molecule has 0 saturated heterocycles. The molecule has 136 valence electrons. The topological polar surface area (TPSA) is 38.3 Å². The summed E-state index contributed by atoms with van der Waals surface area (Å²) in [6.45, 7) is 6.70. The molecule has 0 saturated carbocycles. The molecule has 26 heavy (non-hydrogen) atoms. The molecule has 0 spiro atoms. The number of halogens is 1. The fraction of sp³-hybridized carbons (Fsp3) is 0.286. The third-order valence-corrected chi connectivity index (χ3v) is 5.49. The van der Waals surface area contributed by atoms with Crippen molar-refractivity contribution in [3.8, 4) is 0 Å². The van der Waals surface area contributed by atoms with Crippen LogP contribution in [0.25, 0.3) is 10.1 Å². The molecule has 0 unspecified atom stereocenters. The van der Waals surface area contributed by atoms with E-state index in [1.165, 1.54) is 17.4 Å². The molecular formula is C21H22FNO2S. The third-order valence-electron chi connectivity index (χ3n) is 4.24. The second kappa shape index (κ2) is 7.98. The molecule has 0 fully saturated rings. The lowest BCUT2D eigenvalue weighted by Crippen LogP contribution is -2.23. The summed E-state index contributed by atoms with van der Waals surface area (Å²) in [5, 5.41) is 3.49. The van der Waals surface area contributed by atoms with Gasteiger partial charge >= 0.3 is 0 Å². The average molecular weight is 371 g/mol. The van der Waals surface area contributed by atoms with Gasteiger partial charge < -0.3 is 10.1 Å². The van der Waals surface area contributed by atoms with Gasteiger partial charge in [-0.05, 0) is 49.6 Å². The molecule has 3 nitrogen and oxygen atoms in total. The molecule has 0 radical (unpaired) electrons. The number of rotatable bonds is 6. The van der Waals surface area contributed by atoms with Crippen LogP contribution in [0.1, 0.15) is 40.2 Å². The molecule has 0 atom stereocenters. The number of hydrogen-bond donors (Lipinski definition) is 1. The van der Waals surface area contributed by atoms with Gasteiger partial charge in [0.15, 0.2) is 0 Å². The monoisotopic (exact) mass is 371 g/mol. The van der Waals surface area contributed by atoms with Crippen LogP contribution in [0.4, 0.5) is 4.39 Å². The highest BCUT2D eigenvalue weighted by atomic mass is 32.1. The lowest BCUT2D eigenvalue weighted by atomic mass is 10.1. The van der Waals surface area contributed by atoms with Gasteiger partial charge in [-0.25, -0.2) is 4.39 Å². The van der Waals surface area contributed by atoms with E-state index in [9.17, 15) is 9.18 Å². The van der Waals surface area contributed by atoms with Gasteiger partial charge in [0.05, 0.1) is 17.6 Å². The van der Waals surface area contributed by atoms with Gasteiger partial charge in [0.25, 0.3) is 5.91 Å². The molecule has 2 aromatic carbocycles. The zero-order chi connectivity index (χ0) is 18.7. The zero-order valence-corrected chi connectivity index (χ0v) is 16.0. The summed E-state index contributed by atoms with van der Waals surface area (Å²) in [7, 11) is 0. The largest absolute Gasteiger partial charge is 0.374 e. The van der Waals surface area contributed by atoms with Gasteiger partial charge in [0.2, 0.25) is 0 Å². The van der Waals surface area contributed by atoms with Crippen LogP contribution < -0.4 is 5.32 Å². The van der Waals surface area contributed by atoms with Crippen LogP contribution in [-0.2, 0) is 17.9 Å². The van der Waals surface area contributed by atoms with Crippen LogP contribution in [-0.4, -0.2) is 12.0 Å². The summed E-state index contributed by atoms with van der Waals surface area (Å²) in [4.78, 5) is 13.2. The summed E-state index contributed by atoms with van der Waals surface area (Å²) in [6, 6.07) is 12.8. The highest BCUT2D eigenvalue weighted by Gasteiger charge is 2.17. The Hall–Kier alpha value is -2.24. The van der Waals surface area contributed by atoms with Gasteiger partial charge in [0.1, 0.15) is 5.82 Å². The number of carbonyl (C=O) groups excluding carboxylic acids is 1. The first-order valence-corrected chi connectivity index (χ1v) is 9.43. The van der Waals surface area contributed by atoms with Crippen LogP contribution in [0.15, 0.2) is 42.5 Å². The number of thiophene rings is 1. The Kier molecular flexibility index (Phi) is 5.69. The van der Waals surface area contributed by atoms with E-state index >= 15 is 0 Å². The maximum atomic E-state index is 14.0. The SMILES string of the molecule is Cc1c(C(=O)NCc2ccccc2COC(C)C)sc2cccc(F)c12. The third kappa shape index (κ3) is 3.94. The maximum Gasteiger partial charge on any atom is 0.261 e. The predicted molar refractivity (Wildman–Crippen MR) is 104 cm³/mol. The number of aryl methyl sites for hydroxylation is 1. The van der Waals surface area contributed by atoms with E-state index in [1.54, 1.807) is 13.0 Å². The van der Waals surface area contributed by atoms with Crippen molar-refractivity contribution >= 4 is 27.3 Å². The first kappa shape index (κ1) is 18.5. The van der Waals surface area contributed by atoms with E-state index in [0.29, 0.717) is 29.0 Å². The standard InChI is InChI=1S/C21H22FNO2S/c1-13(2)25-12-16-8-5-4-7-15(16)11-23-21(24)20-14(3)19-17(22)9-6-10-18(19)26-20/h4-10,13H,11-12H2,1-3H3,(H,23,24). The van der Waals surface area contributed by atoms with Gasteiger partial charge in [0, 0.05) is 16.6 Å². The molecule has 0 aliphatic rings. The van der Waals surface area contributed by atoms with Crippen LogP contribution in [0, 0.1) is 12.7 Å². The second-order valence-corrected chi connectivity index (χ2v) is 7.53. The molecule has 0 bridgehead atoms. The highest BCUT2D eigenvalue weighted by molar-refractivity contribution is 7.21. The van der Waals surface area contributed by atoms with Crippen LogP contribution in [0.3, 0.4) is 0 Å². The van der Waals surface area contributed by atoms with Crippen molar-refractivity contribution in [3.05, 3.63) is 69.8 Å². The van der Waals surface area contributed by atoms with Crippen LogP contribution in [0.2, 0.25) is 0 Å². The first-order valence-electron chi connectivity index (χ1n) is 8.61. The minimum Gasteiger partial charge on any atom is -0.374 e. The Morgan fingerprint density at radius 1 is 1.15 bits per heavy atom. The minimum atomic E-state index is -0.286. The molecule has 3 aromatic rings. The zero-order valence-electron chi connectivity index (χ0n) is 15.1. The Morgan fingerprint density at radius 2 is 1.88 bits per heavy atom. The normalized spacial score (nSPS) is 11.3. The fourth-order valence-electron chi connectivity index (χ4n) is 2.85. The Morgan fingerprint density at radius 3 is 2.58 bits per heavy atom. The van der Waals surface area contributed by atoms with E-state index in [2.05, 4.69) is 5.32 Å². The Labute approximate surface area is 156 Å². The second-order valence-electron chi connectivity index (χ2n) is 6.48. The number of ether oxygens (including phenoxy) is 1. The van der Waals surface area contributed by atoms with Crippen molar-refractivity contribution in [1.82, 2.24) is 5.32 Å². The Bertz CT molecular complexity index is 933. The summed E-state index contributed by atoms with van der Waals surface area (Å²) in [5.74, 6) is -0.464. The molecule has 1 aromatic heterocycles. The Balaban J connectivity index is 1.76. The number of benzene rings is 2. The molecular weight excluding hydrogens is 349 g/mol. The molecule has 1 heterocycles. The average Bonchev–Trinajstić information content (AvgIpc) is 2.96.